The van der Waals surface area contributed by atoms with E-state index in [0.29, 0.717) is 25.3 Å². The number of hydrogen-bond acceptors (Lipinski definition) is 5. The van der Waals surface area contributed by atoms with Crippen molar-refractivity contribution in [1.82, 2.24) is 5.32 Å². The van der Waals surface area contributed by atoms with E-state index in [-0.39, 0.29) is 17.8 Å². The second-order valence-electron chi connectivity index (χ2n) is 6.52. The van der Waals surface area contributed by atoms with Crippen LogP contribution in [0.25, 0.3) is 0 Å². The smallest absolute Gasteiger partial charge is 0.287 e. The fourth-order valence-corrected chi connectivity index (χ4v) is 2.38. The van der Waals surface area contributed by atoms with Gasteiger partial charge in [0.05, 0.1) is 0 Å². The third-order valence-electron chi connectivity index (χ3n) is 3.64. The van der Waals surface area contributed by atoms with Crippen LogP contribution in [0.4, 0.5) is 0 Å². The summed E-state index contributed by atoms with van der Waals surface area (Å²) in [7, 11) is 0. The highest BCUT2D eigenvalue weighted by Crippen LogP contribution is 2.31. The maximum Gasteiger partial charge on any atom is 0.287 e. The zero-order chi connectivity index (χ0) is 18.6. The van der Waals surface area contributed by atoms with Crippen molar-refractivity contribution in [2.75, 3.05) is 13.2 Å². The summed E-state index contributed by atoms with van der Waals surface area (Å²) in [6.45, 7) is 4.03. The lowest BCUT2D eigenvalue weighted by atomic mass is 10.1. The summed E-state index contributed by atoms with van der Waals surface area (Å²) in [6, 6.07) is 10.7. The van der Waals surface area contributed by atoms with Gasteiger partial charge in [-0.2, -0.15) is 0 Å². The van der Waals surface area contributed by atoms with E-state index in [2.05, 4.69) is 17.2 Å². The van der Waals surface area contributed by atoms with Crippen molar-refractivity contribution >= 4 is 5.91 Å². The first-order valence-electron chi connectivity index (χ1n) is 8.43. The summed E-state index contributed by atoms with van der Waals surface area (Å²) < 4.78 is 16.9. The summed E-state index contributed by atoms with van der Waals surface area (Å²) in [6.07, 6.45) is 0.501. The highest BCUT2D eigenvalue weighted by Gasteiger charge is 2.20. The van der Waals surface area contributed by atoms with Gasteiger partial charge >= 0.3 is 0 Å². The lowest BCUT2D eigenvalue weighted by Gasteiger charge is -2.26. The number of para-hydroxylation sites is 2. The molecule has 136 valence electrons. The van der Waals surface area contributed by atoms with Gasteiger partial charge in [-0.15, -0.1) is 0 Å². The molecule has 1 unspecified atom stereocenters. The largest absolute Gasteiger partial charge is 0.486 e. The number of carbonyl (C=O) groups is 1. The van der Waals surface area contributed by atoms with E-state index in [1.165, 1.54) is 0 Å². The minimum Gasteiger partial charge on any atom is -0.486 e. The highest BCUT2D eigenvalue weighted by atomic mass is 16.6. The fourth-order valence-electron chi connectivity index (χ4n) is 2.38. The first kappa shape index (κ1) is 17.9. The Labute approximate surface area is 152 Å². The van der Waals surface area contributed by atoms with Gasteiger partial charge < -0.3 is 24.3 Å². The van der Waals surface area contributed by atoms with Crippen LogP contribution >= 0.6 is 0 Å². The Morgan fingerprint density at radius 2 is 2.04 bits per heavy atom. The summed E-state index contributed by atoms with van der Waals surface area (Å²) in [5, 5.41) is 12.4. The first-order valence-corrected chi connectivity index (χ1v) is 8.43. The maximum absolute atomic E-state index is 12.1. The molecule has 0 aliphatic carbocycles. The molecule has 1 aromatic carbocycles. The molecule has 0 saturated carbocycles. The number of fused-ring (bicyclic) bond motifs is 1. The van der Waals surface area contributed by atoms with E-state index in [9.17, 15) is 9.90 Å². The van der Waals surface area contributed by atoms with Gasteiger partial charge in [-0.3, -0.25) is 4.79 Å². The predicted molar refractivity (Wildman–Crippen MR) is 95.2 cm³/mol. The minimum atomic E-state index is -1.12. The Morgan fingerprint density at radius 3 is 2.81 bits per heavy atom. The first-order chi connectivity index (χ1) is 12.4. The third kappa shape index (κ3) is 4.80. The summed E-state index contributed by atoms with van der Waals surface area (Å²) in [5.74, 6) is 6.97. The van der Waals surface area contributed by atoms with Crippen LogP contribution in [0.15, 0.2) is 40.8 Å². The Morgan fingerprint density at radius 1 is 1.27 bits per heavy atom. The predicted octanol–water partition coefficient (Wildman–Crippen LogP) is 2.36. The number of benzene rings is 1. The van der Waals surface area contributed by atoms with E-state index in [1.807, 2.05) is 24.3 Å². The van der Waals surface area contributed by atoms with Crippen LogP contribution in [0.2, 0.25) is 0 Å². The molecule has 2 heterocycles. The SMILES string of the molecule is CC(C)(O)C#Cc1ccc(C(=O)NCCC2COc3ccccc3O2)o1. The lowest BCUT2D eigenvalue weighted by molar-refractivity contribution is 0.0804. The van der Waals surface area contributed by atoms with Crippen LogP contribution in [0.3, 0.4) is 0 Å². The molecule has 2 aromatic rings. The topological polar surface area (TPSA) is 80.9 Å². The molecule has 1 aromatic heterocycles. The van der Waals surface area contributed by atoms with Gasteiger partial charge in [0, 0.05) is 13.0 Å². The monoisotopic (exact) mass is 355 g/mol. The molecule has 6 heteroatoms. The number of carbonyl (C=O) groups excluding carboxylic acids is 1. The number of nitrogens with one attached hydrogen (secondary N) is 1. The molecule has 1 aliphatic heterocycles. The van der Waals surface area contributed by atoms with E-state index in [1.54, 1.807) is 26.0 Å². The van der Waals surface area contributed by atoms with Crippen LogP contribution in [-0.4, -0.2) is 35.9 Å². The van der Waals surface area contributed by atoms with Crippen LogP contribution in [0.1, 0.15) is 36.6 Å². The fraction of sp³-hybridized carbons (Fsp3) is 0.350. The molecular formula is C20H21NO5. The van der Waals surface area contributed by atoms with E-state index < -0.39 is 5.60 Å². The van der Waals surface area contributed by atoms with Crippen LogP contribution < -0.4 is 14.8 Å². The van der Waals surface area contributed by atoms with E-state index >= 15 is 0 Å². The number of aliphatic hydroxyl groups is 1. The van der Waals surface area contributed by atoms with Crippen LogP contribution in [0, 0.1) is 11.8 Å². The van der Waals surface area contributed by atoms with Gasteiger partial charge in [0.25, 0.3) is 5.91 Å². The Hall–Kier alpha value is -2.91. The molecule has 0 spiro atoms. The van der Waals surface area contributed by atoms with Gasteiger partial charge in [-0.1, -0.05) is 18.1 Å². The van der Waals surface area contributed by atoms with E-state index in [4.69, 9.17) is 13.9 Å². The molecule has 6 nitrogen and oxygen atoms in total. The number of furan rings is 1. The van der Waals surface area contributed by atoms with Gasteiger partial charge in [0.1, 0.15) is 18.3 Å². The van der Waals surface area contributed by atoms with Crippen molar-refractivity contribution < 1.29 is 23.8 Å². The molecule has 1 atom stereocenters. The second kappa shape index (κ2) is 7.54. The van der Waals surface area contributed by atoms with Gasteiger partial charge in [0.2, 0.25) is 0 Å². The van der Waals surface area contributed by atoms with Crippen molar-refractivity contribution in [3.05, 3.63) is 47.9 Å². The number of ether oxygens (including phenoxy) is 2. The molecule has 0 bridgehead atoms. The molecule has 0 fully saturated rings. The summed E-state index contributed by atoms with van der Waals surface area (Å²) >= 11 is 0. The average Bonchev–Trinajstić information content (AvgIpc) is 3.08. The molecule has 2 N–H and O–H groups in total. The van der Waals surface area contributed by atoms with Gasteiger partial charge in [0.15, 0.2) is 23.0 Å². The second-order valence-corrected chi connectivity index (χ2v) is 6.52. The van der Waals surface area contributed by atoms with Gasteiger partial charge in [-0.05, 0) is 44.0 Å². The maximum atomic E-state index is 12.1. The quantitative estimate of drug-likeness (QED) is 0.823. The molecule has 3 rings (SSSR count). The normalized spacial score (nSPS) is 15.7. The Balaban J connectivity index is 1.48. The van der Waals surface area contributed by atoms with E-state index in [0.717, 1.165) is 11.5 Å². The number of hydrogen-bond donors (Lipinski definition) is 2. The number of amides is 1. The van der Waals surface area contributed by atoms with Crippen molar-refractivity contribution in [2.45, 2.75) is 32.0 Å². The Bertz CT molecular complexity index is 838. The standard InChI is InChI=1S/C20H21NO5/c1-20(2,23)11-9-14-7-8-18(25-14)19(22)21-12-10-15-13-24-16-5-3-4-6-17(16)26-15/h3-8,15,23H,10,12-13H2,1-2H3,(H,21,22). The lowest BCUT2D eigenvalue weighted by Crippen LogP contribution is -2.34. The third-order valence-corrected chi connectivity index (χ3v) is 3.64. The average molecular weight is 355 g/mol. The van der Waals surface area contributed by atoms with Gasteiger partial charge in [-0.25, -0.2) is 0 Å². The molecule has 1 aliphatic rings. The highest BCUT2D eigenvalue weighted by molar-refractivity contribution is 5.91. The van der Waals surface area contributed by atoms with Crippen molar-refractivity contribution in [3.8, 4) is 23.3 Å². The Kier molecular flexibility index (Phi) is 5.19. The molecule has 1 amide bonds. The minimum absolute atomic E-state index is 0.116. The molecule has 0 radical (unpaired) electrons. The summed E-state index contributed by atoms with van der Waals surface area (Å²) in [4.78, 5) is 12.1. The number of rotatable bonds is 4. The van der Waals surface area contributed by atoms with Crippen molar-refractivity contribution in [1.29, 1.82) is 0 Å². The van der Waals surface area contributed by atoms with Crippen LogP contribution in [-0.2, 0) is 0 Å². The van der Waals surface area contributed by atoms with Crippen molar-refractivity contribution in [3.63, 3.8) is 0 Å². The molecule has 0 saturated heterocycles. The van der Waals surface area contributed by atoms with Crippen molar-refractivity contribution in [2.24, 2.45) is 0 Å². The molecular weight excluding hydrogens is 334 g/mol. The summed E-state index contributed by atoms with van der Waals surface area (Å²) in [5.41, 5.74) is -1.12. The zero-order valence-corrected chi connectivity index (χ0v) is 14.7. The van der Waals surface area contributed by atoms with Crippen LogP contribution in [0.5, 0.6) is 11.5 Å². The zero-order valence-electron chi connectivity index (χ0n) is 14.7. The molecule has 26 heavy (non-hydrogen) atoms.